The van der Waals surface area contributed by atoms with E-state index in [1.807, 2.05) is 0 Å². The molecule has 1 heterocycles. The topological polar surface area (TPSA) is 33.6 Å². The molecular weight excluding hydrogens is 344 g/mol. The molecular formula is C22H27ClN2O. The maximum atomic E-state index is 6.08. The molecule has 0 spiro atoms. The van der Waals surface area contributed by atoms with Crippen LogP contribution < -0.4 is 5.32 Å². The van der Waals surface area contributed by atoms with Crippen LogP contribution in [0.15, 0.2) is 65.7 Å². The van der Waals surface area contributed by atoms with E-state index >= 15 is 0 Å². The third kappa shape index (κ3) is 4.66. The van der Waals surface area contributed by atoms with Gasteiger partial charge in [0.25, 0.3) is 0 Å². The molecule has 2 unspecified atom stereocenters. The number of hydrogen-bond acceptors (Lipinski definition) is 3. The molecule has 4 heteroatoms. The molecule has 2 aromatic carbocycles. The summed E-state index contributed by atoms with van der Waals surface area (Å²) in [6, 6.07) is 21.7. The average Bonchev–Trinajstić information content (AvgIpc) is 3.31. The van der Waals surface area contributed by atoms with Crippen LogP contribution in [0.3, 0.4) is 0 Å². The van der Waals surface area contributed by atoms with Crippen molar-refractivity contribution in [3.05, 3.63) is 71.8 Å². The summed E-state index contributed by atoms with van der Waals surface area (Å²) in [5.41, 5.74) is 2.62. The van der Waals surface area contributed by atoms with E-state index in [1.54, 1.807) is 0 Å². The van der Waals surface area contributed by atoms with Gasteiger partial charge < -0.3 is 10.1 Å². The first-order valence-electron chi connectivity index (χ1n) is 9.42. The van der Waals surface area contributed by atoms with Gasteiger partial charge in [0.05, 0.1) is 18.2 Å². The van der Waals surface area contributed by atoms with Crippen molar-refractivity contribution < 1.29 is 4.74 Å². The lowest BCUT2D eigenvalue weighted by Crippen LogP contribution is -2.30. The van der Waals surface area contributed by atoms with Gasteiger partial charge in [-0.05, 0) is 30.4 Å². The number of aliphatic imine (C=N–C) groups is 1. The highest BCUT2D eigenvalue weighted by Gasteiger charge is 2.30. The van der Waals surface area contributed by atoms with Gasteiger partial charge in [0, 0.05) is 0 Å². The van der Waals surface area contributed by atoms with E-state index < -0.39 is 0 Å². The lowest BCUT2D eigenvalue weighted by Gasteiger charge is -2.19. The SMILES string of the molecule is Cl.c1ccc(CC2N=C(COC3CCCC3)NC2c2ccccc2)cc1. The summed E-state index contributed by atoms with van der Waals surface area (Å²) < 4.78 is 6.08. The summed E-state index contributed by atoms with van der Waals surface area (Å²) in [5.74, 6) is 1.00. The Labute approximate surface area is 162 Å². The minimum Gasteiger partial charge on any atom is -0.370 e. The molecule has 3 nitrogen and oxygen atoms in total. The Morgan fingerprint density at radius 3 is 2.27 bits per heavy atom. The molecule has 0 aromatic heterocycles. The summed E-state index contributed by atoms with van der Waals surface area (Å²) in [4.78, 5) is 4.98. The Hall–Kier alpha value is -1.84. The molecule has 2 aliphatic rings. The first-order chi connectivity index (χ1) is 12.4. The predicted octanol–water partition coefficient (Wildman–Crippen LogP) is 4.72. The van der Waals surface area contributed by atoms with Crippen molar-refractivity contribution in [1.82, 2.24) is 5.32 Å². The predicted molar refractivity (Wildman–Crippen MR) is 109 cm³/mol. The quantitative estimate of drug-likeness (QED) is 0.798. The highest BCUT2D eigenvalue weighted by Crippen LogP contribution is 2.27. The molecule has 1 aliphatic carbocycles. The van der Waals surface area contributed by atoms with Crippen molar-refractivity contribution >= 4 is 18.2 Å². The lowest BCUT2D eigenvalue weighted by atomic mass is 9.95. The van der Waals surface area contributed by atoms with Crippen molar-refractivity contribution in [1.29, 1.82) is 0 Å². The zero-order valence-corrected chi connectivity index (χ0v) is 15.8. The number of nitrogens with zero attached hydrogens (tertiary/aromatic N) is 1. The van der Waals surface area contributed by atoms with Crippen LogP contribution in [-0.4, -0.2) is 24.6 Å². The van der Waals surface area contributed by atoms with Crippen molar-refractivity contribution in [2.45, 2.75) is 50.3 Å². The van der Waals surface area contributed by atoms with Crippen molar-refractivity contribution in [2.75, 3.05) is 6.61 Å². The molecule has 2 atom stereocenters. The third-order valence-electron chi connectivity index (χ3n) is 5.23. The molecule has 26 heavy (non-hydrogen) atoms. The highest BCUT2D eigenvalue weighted by atomic mass is 35.5. The van der Waals surface area contributed by atoms with Crippen LogP contribution in [0.5, 0.6) is 0 Å². The number of nitrogens with one attached hydrogen (secondary N) is 1. The standard InChI is InChI=1S/C22H26N2O.ClH/c1-3-9-17(10-4-1)15-20-22(18-11-5-2-6-12-18)24-21(23-20)16-25-19-13-7-8-14-19;/h1-6,9-12,19-20,22H,7-8,13-16H2,(H,23,24);1H. The van der Waals surface area contributed by atoms with Gasteiger partial charge in [0.15, 0.2) is 0 Å². The Morgan fingerprint density at radius 1 is 0.923 bits per heavy atom. The van der Waals surface area contributed by atoms with Crippen LogP contribution in [-0.2, 0) is 11.2 Å². The second-order valence-corrected chi connectivity index (χ2v) is 7.08. The number of halogens is 1. The van der Waals surface area contributed by atoms with E-state index in [-0.39, 0.29) is 24.5 Å². The van der Waals surface area contributed by atoms with Gasteiger partial charge in [-0.2, -0.15) is 0 Å². The van der Waals surface area contributed by atoms with Gasteiger partial charge in [0.1, 0.15) is 12.4 Å². The molecule has 0 radical (unpaired) electrons. The van der Waals surface area contributed by atoms with Crippen LogP contribution in [0.2, 0.25) is 0 Å². The molecule has 1 N–H and O–H groups in total. The summed E-state index contributed by atoms with van der Waals surface area (Å²) in [7, 11) is 0. The molecule has 0 saturated heterocycles. The van der Waals surface area contributed by atoms with Crippen LogP contribution in [0.25, 0.3) is 0 Å². The Kier molecular flexibility index (Phi) is 6.70. The van der Waals surface area contributed by atoms with E-state index in [0.29, 0.717) is 12.7 Å². The molecule has 1 aliphatic heterocycles. The average molecular weight is 371 g/mol. The largest absolute Gasteiger partial charge is 0.370 e. The van der Waals surface area contributed by atoms with E-state index in [0.717, 1.165) is 12.3 Å². The zero-order chi connectivity index (χ0) is 16.9. The number of benzene rings is 2. The van der Waals surface area contributed by atoms with E-state index in [9.17, 15) is 0 Å². The monoisotopic (exact) mass is 370 g/mol. The summed E-state index contributed by atoms with van der Waals surface area (Å²) in [6.45, 7) is 0.610. The van der Waals surface area contributed by atoms with Gasteiger partial charge in [0.2, 0.25) is 0 Å². The van der Waals surface area contributed by atoms with E-state index in [2.05, 4.69) is 66.0 Å². The Balaban J connectivity index is 0.00000196. The smallest absolute Gasteiger partial charge is 0.124 e. The molecule has 0 bridgehead atoms. The minimum absolute atomic E-state index is 0. The van der Waals surface area contributed by atoms with Gasteiger partial charge in [-0.25, -0.2) is 0 Å². The fourth-order valence-corrected chi connectivity index (χ4v) is 3.90. The zero-order valence-electron chi connectivity index (χ0n) is 15.0. The fraction of sp³-hybridized carbons (Fsp3) is 0.409. The molecule has 138 valence electrons. The first kappa shape index (κ1) is 18.9. The van der Waals surface area contributed by atoms with Crippen LogP contribution >= 0.6 is 12.4 Å². The van der Waals surface area contributed by atoms with Gasteiger partial charge >= 0.3 is 0 Å². The van der Waals surface area contributed by atoms with Crippen molar-refractivity contribution in [3.8, 4) is 0 Å². The highest BCUT2D eigenvalue weighted by molar-refractivity contribution is 5.86. The number of hydrogen-bond donors (Lipinski definition) is 1. The summed E-state index contributed by atoms with van der Waals surface area (Å²) in [6.07, 6.45) is 6.36. The molecule has 4 rings (SSSR count). The van der Waals surface area contributed by atoms with Crippen LogP contribution in [0.1, 0.15) is 42.9 Å². The fourth-order valence-electron chi connectivity index (χ4n) is 3.90. The maximum absolute atomic E-state index is 6.08. The van der Waals surface area contributed by atoms with E-state index in [1.165, 1.54) is 36.8 Å². The number of amidine groups is 1. The second kappa shape index (κ2) is 9.20. The molecule has 1 fully saturated rings. The first-order valence-corrected chi connectivity index (χ1v) is 9.42. The number of ether oxygens (including phenoxy) is 1. The number of rotatable bonds is 6. The van der Waals surface area contributed by atoms with Gasteiger partial charge in [-0.1, -0.05) is 73.5 Å². The molecule has 0 amide bonds. The Bertz CT molecular complexity index is 699. The summed E-state index contributed by atoms with van der Waals surface area (Å²) >= 11 is 0. The molecule has 2 aromatic rings. The second-order valence-electron chi connectivity index (χ2n) is 7.08. The normalized spacial score (nSPS) is 22.5. The van der Waals surface area contributed by atoms with Gasteiger partial charge in [-0.15, -0.1) is 12.4 Å². The lowest BCUT2D eigenvalue weighted by molar-refractivity contribution is 0.0863. The van der Waals surface area contributed by atoms with Crippen molar-refractivity contribution in [3.63, 3.8) is 0 Å². The van der Waals surface area contributed by atoms with Gasteiger partial charge in [-0.3, -0.25) is 4.99 Å². The molecule has 1 saturated carbocycles. The van der Waals surface area contributed by atoms with Crippen molar-refractivity contribution in [2.24, 2.45) is 4.99 Å². The summed E-state index contributed by atoms with van der Waals surface area (Å²) in [5, 5.41) is 3.63. The van der Waals surface area contributed by atoms with Crippen LogP contribution in [0, 0.1) is 0 Å². The van der Waals surface area contributed by atoms with E-state index in [4.69, 9.17) is 9.73 Å². The van der Waals surface area contributed by atoms with Crippen LogP contribution in [0.4, 0.5) is 0 Å². The Morgan fingerprint density at radius 2 is 1.58 bits per heavy atom. The maximum Gasteiger partial charge on any atom is 0.124 e. The third-order valence-corrected chi connectivity index (χ3v) is 5.23. The minimum atomic E-state index is 0.